The van der Waals surface area contributed by atoms with E-state index < -0.39 is 51.0 Å². The molecule has 0 radical (unpaired) electrons. The number of anilines is 2. The molecule has 4 amide bonds. The minimum absolute atomic E-state index is 0.146. The highest BCUT2D eigenvalue weighted by Gasteiger charge is 2.38. The second-order valence-corrected chi connectivity index (χ2v) is 19.4. The number of benzene rings is 1. The second-order valence-electron chi connectivity index (χ2n) is 16.8. The summed E-state index contributed by atoms with van der Waals surface area (Å²) in [7, 11) is -3.76. The number of aromatic nitrogens is 2. The lowest BCUT2D eigenvalue weighted by molar-refractivity contribution is -0.121. The van der Waals surface area contributed by atoms with Gasteiger partial charge in [-0.15, -0.1) is 0 Å². The molecule has 4 heterocycles. The molecule has 1 aromatic carbocycles. The quantitative estimate of drug-likeness (QED) is 0.217. The Kier molecular flexibility index (Phi) is 14.5. The van der Waals surface area contributed by atoms with Crippen molar-refractivity contribution in [2.75, 3.05) is 23.7 Å². The van der Waals surface area contributed by atoms with Crippen molar-refractivity contribution in [3.8, 4) is 11.1 Å². The van der Waals surface area contributed by atoms with Gasteiger partial charge < -0.3 is 20.1 Å². The van der Waals surface area contributed by atoms with Crippen molar-refractivity contribution >= 4 is 61.6 Å². The summed E-state index contributed by atoms with van der Waals surface area (Å²) < 4.78 is 40.2. The average Bonchev–Trinajstić information content (AvgIpc) is 3.79. The summed E-state index contributed by atoms with van der Waals surface area (Å²) in [5, 5.41) is 5.49. The predicted molar refractivity (Wildman–Crippen MR) is 221 cm³/mol. The van der Waals surface area contributed by atoms with Crippen molar-refractivity contribution in [1.82, 2.24) is 24.5 Å². The number of hydrogen-bond donors (Lipinski definition) is 3. The molecular weight excluding hydrogens is 818 g/mol. The molecule has 2 unspecified atom stereocenters. The van der Waals surface area contributed by atoms with Crippen LogP contribution < -0.4 is 15.4 Å². The molecule has 3 aromatic rings. The van der Waals surface area contributed by atoms with Crippen molar-refractivity contribution in [2.24, 2.45) is 0 Å². The first-order valence-electron chi connectivity index (χ1n) is 18.7. The molecule has 57 heavy (non-hydrogen) atoms. The van der Waals surface area contributed by atoms with Crippen LogP contribution in [-0.2, 0) is 29.1 Å². The Morgan fingerprint density at radius 3 is 1.60 bits per heavy atom. The van der Waals surface area contributed by atoms with E-state index in [1.165, 1.54) is 16.0 Å². The van der Waals surface area contributed by atoms with Gasteiger partial charge in [0.2, 0.25) is 21.8 Å². The number of pyridine rings is 2. The SMILES string of the molecule is CC(C)(C)NS(=O)(=O)c1ccccc1-c1ccc(NC(=O)C2CCCN2C(=O)OC(C)(C)C)nc1.CC(C)(C)OC(=O)N1CCCC1C(=O)Nc1ccc(Br)cn1. The number of likely N-dealkylation sites (tertiary alicyclic amines) is 2. The van der Waals surface area contributed by atoms with Gasteiger partial charge in [0, 0.05) is 46.6 Å². The van der Waals surface area contributed by atoms with Crippen molar-refractivity contribution in [3.05, 3.63) is 65.4 Å². The van der Waals surface area contributed by atoms with Gasteiger partial charge >= 0.3 is 12.2 Å². The summed E-state index contributed by atoms with van der Waals surface area (Å²) in [4.78, 5) is 61.4. The third-order valence-corrected chi connectivity index (χ3v) is 10.6. The van der Waals surface area contributed by atoms with E-state index in [9.17, 15) is 27.6 Å². The van der Waals surface area contributed by atoms with Crippen molar-refractivity contribution in [1.29, 1.82) is 0 Å². The van der Waals surface area contributed by atoms with Crippen LogP contribution in [0.25, 0.3) is 11.1 Å². The number of halogens is 1. The van der Waals surface area contributed by atoms with E-state index in [-0.39, 0.29) is 16.7 Å². The van der Waals surface area contributed by atoms with Gasteiger partial charge in [-0.1, -0.05) is 18.2 Å². The fourth-order valence-electron chi connectivity index (χ4n) is 6.05. The van der Waals surface area contributed by atoms with Crippen LogP contribution in [0, 0.1) is 0 Å². The molecule has 5 rings (SSSR count). The lowest BCUT2D eigenvalue weighted by Crippen LogP contribution is -2.45. The molecule has 0 saturated carbocycles. The fourth-order valence-corrected chi connectivity index (χ4v) is 7.93. The molecule has 2 aliphatic heterocycles. The zero-order valence-electron chi connectivity index (χ0n) is 34.0. The predicted octanol–water partition coefficient (Wildman–Crippen LogP) is 7.35. The van der Waals surface area contributed by atoms with Crippen LogP contribution in [0.1, 0.15) is 88.0 Å². The Balaban J connectivity index is 0.000000281. The number of ether oxygens (including phenoxy) is 2. The molecule has 2 aromatic heterocycles. The molecule has 3 N–H and O–H groups in total. The monoisotopic (exact) mass is 871 g/mol. The maximum atomic E-state index is 12.9. The number of carbonyl (C=O) groups excluding carboxylic acids is 4. The number of nitrogens with zero attached hydrogens (tertiary/aromatic N) is 4. The first-order chi connectivity index (χ1) is 26.4. The smallest absolute Gasteiger partial charge is 0.410 e. The first-order valence-corrected chi connectivity index (χ1v) is 21.0. The third kappa shape index (κ3) is 13.5. The maximum Gasteiger partial charge on any atom is 0.410 e. The molecule has 0 aliphatic carbocycles. The Hall–Kier alpha value is -4.61. The van der Waals surface area contributed by atoms with Crippen molar-refractivity contribution in [2.45, 2.75) is 122 Å². The van der Waals surface area contributed by atoms with Crippen molar-refractivity contribution < 1.29 is 37.1 Å². The maximum absolute atomic E-state index is 12.9. The number of amides is 4. The highest BCUT2D eigenvalue weighted by atomic mass is 79.9. The molecule has 17 heteroatoms. The molecule has 310 valence electrons. The van der Waals surface area contributed by atoms with E-state index in [2.05, 4.69) is 41.3 Å². The van der Waals surface area contributed by atoms with Crippen LogP contribution in [0.4, 0.5) is 21.2 Å². The molecule has 2 saturated heterocycles. The van der Waals surface area contributed by atoms with E-state index >= 15 is 0 Å². The zero-order valence-corrected chi connectivity index (χ0v) is 36.4. The zero-order chi connectivity index (χ0) is 42.3. The Bertz CT molecular complexity index is 2010. The number of rotatable bonds is 7. The molecular formula is C40H54BrN7O8S. The summed E-state index contributed by atoms with van der Waals surface area (Å²) in [6, 6.07) is 12.3. The Morgan fingerprint density at radius 2 is 1.18 bits per heavy atom. The highest BCUT2D eigenvalue weighted by Crippen LogP contribution is 2.29. The standard InChI is InChI=1S/C25H34N4O5S.C15H20BrN3O3/c1-24(2,3)28-35(32,33)20-12-8-7-10-18(20)17-13-14-21(26-16-17)27-22(30)19-11-9-15-29(19)23(31)34-25(4,5)6;1-15(2,3)22-14(21)19-8-4-5-11(19)13(20)18-12-7-6-10(16)9-17-12/h7-8,10,12-14,16,19,28H,9,11,15H2,1-6H3,(H,26,27,30);6-7,9,11H,4-5,8H2,1-3H3,(H,17,18,20). The Labute approximate surface area is 343 Å². The van der Waals surface area contributed by atoms with Gasteiger partial charge in [0.1, 0.15) is 34.9 Å². The number of sulfonamides is 1. The first kappa shape index (κ1) is 45.1. The highest BCUT2D eigenvalue weighted by molar-refractivity contribution is 9.10. The van der Waals surface area contributed by atoms with Crippen LogP contribution in [0.5, 0.6) is 0 Å². The van der Waals surface area contributed by atoms with Crippen LogP contribution in [0.3, 0.4) is 0 Å². The number of nitrogens with one attached hydrogen (secondary N) is 3. The van der Waals surface area contributed by atoms with Gasteiger partial charge in [-0.05, 0) is 134 Å². The molecule has 0 spiro atoms. The van der Waals surface area contributed by atoms with Crippen LogP contribution >= 0.6 is 15.9 Å². The van der Waals surface area contributed by atoms with E-state index in [1.807, 2.05) is 20.8 Å². The molecule has 0 bridgehead atoms. The van der Waals surface area contributed by atoms with Crippen LogP contribution in [0.15, 0.2) is 70.3 Å². The summed E-state index contributed by atoms with van der Waals surface area (Å²) in [5.41, 5.74) is -0.764. The third-order valence-electron chi connectivity index (χ3n) is 8.29. The lowest BCUT2D eigenvalue weighted by atomic mass is 10.1. The topological polar surface area (TPSA) is 189 Å². The van der Waals surface area contributed by atoms with E-state index in [1.54, 1.807) is 96.3 Å². The summed E-state index contributed by atoms with van der Waals surface area (Å²) in [6.45, 7) is 17.1. The molecule has 2 aliphatic rings. The van der Waals surface area contributed by atoms with Crippen molar-refractivity contribution in [3.63, 3.8) is 0 Å². The Morgan fingerprint density at radius 1 is 0.702 bits per heavy atom. The summed E-state index contributed by atoms with van der Waals surface area (Å²) >= 11 is 3.29. The number of carbonyl (C=O) groups is 4. The van der Waals surface area contributed by atoms with Crippen LogP contribution in [-0.4, -0.2) is 94.1 Å². The van der Waals surface area contributed by atoms with E-state index in [0.717, 1.165) is 10.9 Å². The molecule has 15 nitrogen and oxygen atoms in total. The van der Waals surface area contributed by atoms with E-state index in [0.29, 0.717) is 55.1 Å². The van der Waals surface area contributed by atoms with Gasteiger partial charge in [-0.3, -0.25) is 19.4 Å². The average molecular weight is 873 g/mol. The van der Waals surface area contributed by atoms with Gasteiger partial charge in [-0.2, -0.15) is 0 Å². The summed E-state index contributed by atoms with van der Waals surface area (Å²) in [5.74, 6) is 0.191. The van der Waals surface area contributed by atoms with E-state index in [4.69, 9.17) is 9.47 Å². The second kappa shape index (κ2) is 18.3. The van der Waals surface area contributed by atoms with Gasteiger partial charge in [0.25, 0.3) is 0 Å². The number of hydrogen-bond acceptors (Lipinski definition) is 10. The molecule has 2 atom stereocenters. The normalized spacial score (nSPS) is 17.3. The fraction of sp³-hybridized carbons (Fsp3) is 0.500. The summed E-state index contributed by atoms with van der Waals surface area (Å²) in [6.07, 6.45) is 4.81. The van der Waals surface area contributed by atoms with Gasteiger partial charge in [0.05, 0.1) is 4.90 Å². The largest absolute Gasteiger partial charge is 0.444 e. The lowest BCUT2D eigenvalue weighted by Gasteiger charge is -2.27. The minimum atomic E-state index is -3.76. The van der Waals surface area contributed by atoms with Gasteiger partial charge in [-0.25, -0.2) is 32.7 Å². The molecule has 2 fully saturated rings. The van der Waals surface area contributed by atoms with Crippen LogP contribution in [0.2, 0.25) is 0 Å². The van der Waals surface area contributed by atoms with Gasteiger partial charge in [0.15, 0.2) is 0 Å². The minimum Gasteiger partial charge on any atom is -0.444 e.